The summed E-state index contributed by atoms with van der Waals surface area (Å²) < 4.78 is 54.0. The molecule has 1 saturated carbocycles. The molecule has 2 atom stereocenters. The number of halogens is 6. The van der Waals surface area contributed by atoms with Crippen molar-refractivity contribution in [2.75, 3.05) is 7.11 Å². The Bertz CT molecular complexity index is 557. The number of esters is 1. The smallest absolute Gasteiger partial charge is 0.419 e. The van der Waals surface area contributed by atoms with Gasteiger partial charge in [0.25, 0.3) is 0 Å². The predicted octanol–water partition coefficient (Wildman–Crippen LogP) is 3.90. The second kappa shape index (κ2) is 4.77. The van der Waals surface area contributed by atoms with Gasteiger partial charge in [-0.25, -0.2) is 4.39 Å². The Morgan fingerprint density at radius 3 is 2.45 bits per heavy atom. The number of hydrogen-bond acceptors (Lipinski definition) is 2. The van der Waals surface area contributed by atoms with Crippen molar-refractivity contribution in [2.45, 2.75) is 16.4 Å². The lowest BCUT2D eigenvalue weighted by atomic mass is 10.0. The molecule has 1 aromatic carbocycles. The van der Waals surface area contributed by atoms with Crippen LogP contribution in [0.15, 0.2) is 18.2 Å². The molecule has 0 spiro atoms. The van der Waals surface area contributed by atoms with E-state index in [9.17, 15) is 22.4 Å². The molecular weight excluding hydrogens is 323 g/mol. The number of methoxy groups -OCH3 is 1. The van der Waals surface area contributed by atoms with Crippen LogP contribution in [0, 0.1) is 11.7 Å². The maximum atomic E-state index is 13.2. The van der Waals surface area contributed by atoms with Crippen molar-refractivity contribution in [2.24, 2.45) is 5.92 Å². The molecule has 0 aromatic heterocycles. The van der Waals surface area contributed by atoms with Crippen molar-refractivity contribution >= 4 is 29.2 Å². The van der Waals surface area contributed by atoms with Crippen molar-refractivity contribution in [3.8, 4) is 0 Å². The molecule has 0 N–H and O–H groups in total. The first-order chi connectivity index (χ1) is 9.10. The van der Waals surface area contributed by atoms with E-state index in [4.69, 9.17) is 23.2 Å². The van der Waals surface area contributed by atoms with E-state index >= 15 is 0 Å². The number of hydrogen-bond donors (Lipinski definition) is 0. The van der Waals surface area contributed by atoms with Gasteiger partial charge in [-0.05, 0) is 17.7 Å². The van der Waals surface area contributed by atoms with Gasteiger partial charge in [-0.15, -0.1) is 0 Å². The minimum atomic E-state index is -4.84. The summed E-state index contributed by atoms with van der Waals surface area (Å²) in [5.74, 6) is -3.95. The van der Waals surface area contributed by atoms with Crippen LogP contribution < -0.4 is 0 Å². The summed E-state index contributed by atoms with van der Waals surface area (Å²) in [6.45, 7) is 0. The van der Waals surface area contributed by atoms with Crippen molar-refractivity contribution in [1.82, 2.24) is 0 Å². The zero-order valence-corrected chi connectivity index (χ0v) is 11.5. The molecule has 1 aromatic rings. The zero-order chi connectivity index (χ0) is 15.3. The summed E-state index contributed by atoms with van der Waals surface area (Å²) in [7, 11) is 1.12. The quantitative estimate of drug-likeness (QED) is 0.467. The van der Waals surface area contributed by atoms with E-state index < -0.39 is 39.7 Å². The number of carbonyl (C=O) groups is 1. The maximum absolute atomic E-state index is 13.2. The van der Waals surface area contributed by atoms with Crippen LogP contribution in [0.4, 0.5) is 17.6 Å². The molecule has 110 valence electrons. The molecule has 1 aliphatic carbocycles. The SMILES string of the molecule is COC(=O)[C@H]1[C@H](c2ccc(F)c(C(F)(F)F)c2)C1(Cl)Cl. The number of rotatable bonds is 2. The van der Waals surface area contributed by atoms with Crippen LogP contribution >= 0.6 is 23.2 Å². The van der Waals surface area contributed by atoms with Gasteiger partial charge in [0.2, 0.25) is 0 Å². The van der Waals surface area contributed by atoms with Crippen molar-refractivity contribution in [3.05, 3.63) is 35.1 Å². The maximum Gasteiger partial charge on any atom is 0.419 e. The monoisotopic (exact) mass is 330 g/mol. The lowest BCUT2D eigenvalue weighted by Crippen LogP contribution is -2.09. The van der Waals surface area contributed by atoms with Crippen LogP contribution in [0.1, 0.15) is 17.0 Å². The Kier molecular flexibility index (Phi) is 3.67. The molecule has 0 aliphatic heterocycles. The Hall–Kier alpha value is -1.01. The van der Waals surface area contributed by atoms with Crippen molar-refractivity contribution in [1.29, 1.82) is 0 Å². The Balaban J connectivity index is 2.39. The minimum absolute atomic E-state index is 0.0409. The molecule has 1 aliphatic rings. The van der Waals surface area contributed by atoms with E-state index in [0.717, 1.165) is 13.2 Å². The third kappa shape index (κ3) is 2.46. The first-order valence-electron chi connectivity index (χ1n) is 5.43. The van der Waals surface area contributed by atoms with E-state index in [1.807, 2.05) is 0 Å². The number of alkyl halides is 5. The van der Waals surface area contributed by atoms with Crippen molar-refractivity contribution < 1.29 is 27.1 Å². The Labute approximate surface area is 121 Å². The van der Waals surface area contributed by atoms with Gasteiger partial charge >= 0.3 is 12.1 Å². The Morgan fingerprint density at radius 1 is 1.35 bits per heavy atom. The largest absolute Gasteiger partial charge is 0.469 e. The molecule has 0 unspecified atom stereocenters. The molecule has 0 amide bonds. The lowest BCUT2D eigenvalue weighted by molar-refractivity contribution is -0.142. The number of carbonyl (C=O) groups excluding carboxylic acids is 1. The predicted molar refractivity (Wildman–Crippen MR) is 64.1 cm³/mol. The zero-order valence-electron chi connectivity index (χ0n) is 9.97. The molecule has 8 heteroatoms. The topological polar surface area (TPSA) is 26.3 Å². The molecule has 0 bridgehead atoms. The van der Waals surface area contributed by atoms with Gasteiger partial charge in [-0.3, -0.25) is 4.79 Å². The normalized spacial score (nSPS) is 24.4. The third-order valence-electron chi connectivity index (χ3n) is 3.16. The minimum Gasteiger partial charge on any atom is -0.469 e. The second-order valence-electron chi connectivity index (χ2n) is 4.39. The Morgan fingerprint density at radius 2 is 1.95 bits per heavy atom. The lowest BCUT2D eigenvalue weighted by Gasteiger charge is -2.10. The summed E-state index contributed by atoms with van der Waals surface area (Å²) in [5, 5.41) is 0. The summed E-state index contributed by atoms with van der Waals surface area (Å²) >= 11 is 11.8. The van der Waals surface area contributed by atoms with Crippen LogP contribution in [0.2, 0.25) is 0 Å². The van der Waals surface area contributed by atoms with E-state index in [2.05, 4.69) is 4.74 Å². The highest BCUT2D eigenvalue weighted by molar-refractivity contribution is 6.53. The molecule has 0 radical (unpaired) electrons. The van der Waals surface area contributed by atoms with Crippen LogP contribution in [-0.4, -0.2) is 17.4 Å². The van der Waals surface area contributed by atoms with Gasteiger partial charge in [-0.2, -0.15) is 13.2 Å². The fraction of sp³-hybridized carbons (Fsp3) is 0.417. The number of benzene rings is 1. The highest BCUT2D eigenvalue weighted by Crippen LogP contribution is 2.65. The van der Waals surface area contributed by atoms with E-state index in [-0.39, 0.29) is 5.56 Å². The summed E-state index contributed by atoms with van der Waals surface area (Å²) in [4.78, 5) is 11.4. The first kappa shape index (κ1) is 15.4. The van der Waals surface area contributed by atoms with Gasteiger partial charge < -0.3 is 4.74 Å². The van der Waals surface area contributed by atoms with E-state index in [0.29, 0.717) is 12.1 Å². The molecule has 1 fully saturated rings. The first-order valence-corrected chi connectivity index (χ1v) is 6.18. The van der Waals surface area contributed by atoms with Crippen molar-refractivity contribution in [3.63, 3.8) is 0 Å². The average Bonchev–Trinajstić information content (AvgIpc) is 2.90. The standard InChI is InChI=1S/C12H8Cl2F4O2/c1-20-10(19)9-8(11(9,13)14)5-2-3-7(15)6(4-5)12(16,17)18/h2-4,8-9H,1H3/t8-,9+/m0/s1. The summed E-state index contributed by atoms with van der Waals surface area (Å²) in [6.07, 6.45) is -4.84. The highest BCUT2D eigenvalue weighted by atomic mass is 35.5. The fourth-order valence-corrected chi connectivity index (χ4v) is 2.92. The number of ether oxygens (including phenoxy) is 1. The van der Waals surface area contributed by atoms with Gasteiger partial charge in [0.15, 0.2) is 0 Å². The van der Waals surface area contributed by atoms with Crippen LogP contribution in [0.25, 0.3) is 0 Å². The van der Waals surface area contributed by atoms with Gasteiger partial charge in [0.05, 0.1) is 12.7 Å². The van der Waals surface area contributed by atoms with Gasteiger partial charge in [0, 0.05) is 5.92 Å². The fourth-order valence-electron chi connectivity index (χ4n) is 2.12. The molecule has 20 heavy (non-hydrogen) atoms. The average molecular weight is 331 g/mol. The highest BCUT2D eigenvalue weighted by Gasteiger charge is 2.68. The van der Waals surface area contributed by atoms with E-state index in [1.165, 1.54) is 0 Å². The van der Waals surface area contributed by atoms with E-state index in [1.54, 1.807) is 0 Å². The second-order valence-corrected chi connectivity index (χ2v) is 5.83. The molecular formula is C12H8Cl2F4O2. The molecule has 0 heterocycles. The van der Waals surface area contributed by atoms with Crippen LogP contribution in [0.3, 0.4) is 0 Å². The molecule has 2 nitrogen and oxygen atoms in total. The molecule has 2 rings (SSSR count). The van der Waals surface area contributed by atoms with Crippen LogP contribution in [0.5, 0.6) is 0 Å². The molecule has 0 saturated heterocycles. The van der Waals surface area contributed by atoms with Gasteiger partial charge in [0.1, 0.15) is 16.1 Å². The van der Waals surface area contributed by atoms with Gasteiger partial charge in [-0.1, -0.05) is 29.3 Å². The third-order valence-corrected chi connectivity index (χ3v) is 4.10. The summed E-state index contributed by atoms with van der Waals surface area (Å²) in [5.41, 5.74) is -1.38. The summed E-state index contributed by atoms with van der Waals surface area (Å²) in [6, 6.07) is 2.41. The van der Waals surface area contributed by atoms with Crippen LogP contribution in [-0.2, 0) is 15.7 Å².